The van der Waals surface area contributed by atoms with Gasteiger partial charge >= 0.3 is 11.8 Å². The minimum atomic E-state index is -0.776. The van der Waals surface area contributed by atoms with Gasteiger partial charge in [-0.1, -0.05) is 12.1 Å². The van der Waals surface area contributed by atoms with Gasteiger partial charge in [-0.2, -0.15) is 5.26 Å². The number of carbonyl (C=O) groups is 2. The summed E-state index contributed by atoms with van der Waals surface area (Å²) in [4.78, 5) is 25.0. The third kappa shape index (κ3) is 4.77. The molecular formula is C13H16N4O2. The normalized spacial score (nSPS) is 9.79. The molecule has 100 valence electrons. The molecule has 0 atom stereocenters. The van der Waals surface area contributed by atoms with E-state index in [0.717, 1.165) is 0 Å². The Bertz CT molecular complexity index is 506. The Balaban J connectivity index is 2.55. The first-order valence-corrected chi connectivity index (χ1v) is 5.77. The molecule has 6 heteroatoms. The molecule has 1 aromatic rings. The molecule has 0 aliphatic rings. The fourth-order valence-corrected chi connectivity index (χ4v) is 1.34. The Morgan fingerprint density at radius 1 is 1.26 bits per heavy atom. The molecule has 0 aliphatic carbocycles. The Labute approximate surface area is 112 Å². The van der Waals surface area contributed by atoms with Crippen molar-refractivity contribution in [2.45, 2.75) is 0 Å². The second-order valence-corrected chi connectivity index (χ2v) is 4.17. The standard InChI is InChI=1S/C13H16N4O2/c1-17(2)8-7-15-12(18)13(19)16-11-6-4-3-5-10(11)9-14/h3-6H,7-8H2,1-2H3,(H,15,18)(H,16,19). The number of amides is 2. The van der Waals surface area contributed by atoms with Crippen molar-refractivity contribution < 1.29 is 9.59 Å². The average molecular weight is 260 g/mol. The van der Waals surface area contributed by atoms with Crippen LogP contribution in [0.3, 0.4) is 0 Å². The molecule has 0 bridgehead atoms. The number of carbonyl (C=O) groups excluding carboxylic acids is 2. The first-order valence-electron chi connectivity index (χ1n) is 5.77. The predicted molar refractivity (Wildman–Crippen MR) is 71.4 cm³/mol. The minimum Gasteiger partial charge on any atom is -0.347 e. The highest BCUT2D eigenvalue weighted by atomic mass is 16.2. The molecule has 0 spiro atoms. The van der Waals surface area contributed by atoms with Crippen LogP contribution in [0.4, 0.5) is 5.69 Å². The van der Waals surface area contributed by atoms with E-state index in [-0.39, 0.29) is 0 Å². The van der Waals surface area contributed by atoms with Crippen LogP contribution in [0.5, 0.6) is 0 Å². The molecule has 0 saturated heterocycles. The lowest BCUT2D eigenvalue weighted by molar-refractivity contribution is -0.136. The van der Waals surface area contributed by atoms with E-state index >= 15 is 0 Å². The zero-order valence-electron chi connectivity index (χ0n) is 10.9. The molecule has 0 saturated carbocycles. The average Bonchev–Trinajstić information content (AvgIpc) is 2.38. The molecule has 0 aromatic heterocycles. The van der Waals surface area contributed by atoms with E-state index in [2.05, 4.69) is 10.6 Å². The van der Waals surface area contributed by atoms with Crippen LogP contribution in [0.15, 0.2) is 24.3 Å². The van der Waals surface area contributed by atoms with Crippen LogP contribution in [-0.4, -0.2) is 43.9 Å². The maximum atomic E-state index is 11.6. The summed E-state index contributed by atoms with van der Waals surface area (Å²) >= 11 is 0. The van der Waals surface area contributed by atoms with Gasteiger partial charge in [0.1, 0.15) is 6.07 Å². The van der Waals surface area contributed by atoms with Gasteiger partial charge in [0.2, 0.25) is 0 Å². The molecule has 6 nitrogen and oxygen atoms in total. The van der Waals surface area contributed by atoms with E-state index in [0.29, 0.717) is 24.3 Å². The third-order valence-corrected chi connectivity index (χ3v) is 2.35. The van der Waals surface area contributed by atoms with E-state index in [4.69, 9.17) is 5.26 Å². The highest BCUT2D eigenvalue weighted by molar-refractivity contribution is 6.39. The molecule has 19 heavy (non-hydrogen) atoms. The summed E-state index contributed by atoms with van der Waals surface area (Å²) in [6.45, 7) is 1.03. The second kappa shape index (κ2) is 7.13. The zero-order chi connectivity index (χ0) is 14.3. The highest BCUT2D eigenvalue weighted by Gasteiger charge is 2.14. The van der Waals surface area contributed by atoms with E-state index in [1.807, 2.05) is 25.1 Å². The van der Waals surface area contributed by atoms with Crippen molar-refractivity contribution in [1.29, 1.82) is 5.26 Å². The quantitative estimate of drug-likeness (QED) is 0.756. The lowest BCUT2D eigenvalue weighted by Gasteiger charge is -2.10. The Kier molecular flexibility index (Phi) is 5.51. The lowest BCUT2D eigenvalue weighted by atomic mass is 10.2. The molecule has 0 radical (unpaired) electrons. The summed E-state index contributed by atoms with van der Waals surface area (Å²) in [6.07, 6.45) is 0. The maximum Gasteiger partial charge on any atom is 0.313 e. The first-order chi connectivity index (χ1) is 9.04. The lowest BCUT2D eigenvalue weighted by Crippen LogP contribution is -2.38. The predicted octanol–water partition coefficient (Wildman–Crippen LogP) is 0.175. The third-order valence-electron chi connectivity index (χ3n) is 2.35. The number of anilines is 1. The van der Waals surface area contributed by atoms with Gasteiger partial charge in [0.15, 0.2) is 0 Å². The number of nitrogens with zero attached hydrogens (tertiary/aromatic N) is 2. The Morgan fingerprint density at radius 2 is 1.95 bits per heavy atom. The zero-order valence-corrected chi connectivity index (χ0v) is 10.9. The van der Waals surface area contributed by atoms with Crippen LogP contribution in [0.2, 0.25) is 0 Å². The van der Waals surface area contributed by atoms with Crippen molar-refractivity contribution in [3.63, 3.8) is 0 Å². The van der Waals surface area contributed by atoms with Gasteiger partial charge in [0.25, 0.3) is 0 Å². The van der Waals surface area contributed by atoms with Crippen molar-refractivity contribution in [2.24, 2.45) is 0 Å². The van der Waals surface area contributed by atoms with Crippen LogP contribution in [0.25, 0.3) is 0 Å². The fourth-order valence-electron chi connectivity index (χ4n) is 1.34. The van der Waals surface area contributed by atoms with Crippen LogP contribution in [0.1, 0.15) is 5.56 Å². The summed E-state index contributed by atoms with van der Waals surface area (Å²) in [5.74, 6) is -1.49. The van der Waals surface area contributed by atoms with Gasteiger partial charge in [-0.3, -0.25) is 9.59 Å². The largest absolute Gasteiger partial charge is 0.347 e. The molecule has 2 amide bonds. The monoisotopic (exact) mass is 260 g/mol. The molecule has 1 rings (SSSR count). The number of benzene rings is 1. The van der Waals surface area contributed by atoms with Crippen molar-refractivity contribution >= 4 is 17.5 Å². The smallest absolute Gasteiger partial charge is 0.313 e. The number of nitriles is 1. The van der Waals surface area contributed by atoms with Crippen molar-refractivity contribution in [1.82, 2.24) is 10.2 Å². The van der Waals surface area contributed by atoms with Crippen molar-refractivity contribution in [2.75, 3.05) is 32.5 Å². The molecule has 1 aromatic carbocycles. The molecule has 0 fully saturated rings. The topological polar surface area (TPSA) is 85.2 Å². The van der Waals surface area contributed by atoms with Crippen LogP contribution < -0.4 is 10.6 Å². The molecular weight excluding hydrogens is 244 g/mol. The van der Waals surface area contributed by atoms with Crippen LogP contribution >= 0.6 is 0 Å². The molecule has 2 N–H and O–H groups in total. The van der Waals surface area contributed by atoms with Crippen LogP contribution in [0, 0.1) is 11.3 Å². The van der Waals surface area contributed by atoms with Gasteiger partial charge in [-0.25, -0.2) is 0 Å². The SMILES string of the molecule is CN(C)CCNC(=O)C(=O)Nc1ccccc1C#N. The molecule has 0 aliphatic heterocycles. The number of hydrogen-bond donors (Lipinski definition) is 2. The Morgan fingerprint density at radius 3 is 2.58 bits per heavy atom. The van der Waals surface area contributed by atoms with Crippen molar-refractivity contribution in [3.8, 4) is 6.07 Å². The van der Waals surface area contributed by atoms with Gasteiger partial charge in [0, 0.05) is 13.1 Å². The molecule has 0 unspecified atom stereocenters. The fraction of sp³-hybridized carbons (Fsp3) is 0.308. The van der Waals surface area contributed by atoms with Gasteiger partial charge in [-0.05, 0) is 26.2 Å². The summed E-state index contributed by atoms with van der Waals surface area (Å²) in [7, 11) is 3.74. The van der Waals surface area contributed by atoms with E-state index in [1.165, 1.54) is 0 Å². The number of rotatable bonds is 4. The Hall–Kier alpha value is -2.39. The van der Waals surface area contributed by atoms with Gasteiger partial charge in [0.05, 0.1) is 11.3 Å². The van der Waals surface area contributed by atoms with Crippen molar-refractivity contribution in [3.05, 3.63) is 29.8 Å². The number of para-hydroxylation sites is 1. The van der Waals surface area contributed by atoms with E-state index in [9.17, 15) is 9.59 Å². The first kappa shape index (κ1) is 14.7. The summed E-state index contributed by atoms with van der Waals surface area (Å²) in [5.41, 5.74) is 0.648. The van der Waals surface area contributed by atoms with E-state index < -0.39 is 11.8 Å². The van der Waals surface area contributed by atoms with Gasteiger partial charge < -0.3 is 15.5 Å². The molecule has 0 heterocycles. The minimum absolute atomic E-state index is 0.317. The number of likely N-dealkylation sites (N-methyl/N-ethyl adjacent to an activating group) is 1. The number of nitrogens with one attached hydrogen (secondary N) is 2. The summed E-state index contributed by atoms with van der Waals surface area (Å²) in [5, 5.41) is 13.8. The second-order valence-electron chi connectivity index (χ2n) is 4.17. The summed E-state index contributed by atoms with van der Waals surface area (Å²) in [6, 6.07) is 8.45. The van der Waals surface area contributed by atoms with Gasteiger partial charge in [-0.15, -0.1) is 0 Å². The summed E-state index contributed by atoms with van der Waals surface area (Å²) < 4.78 is 0. The number of hydrogen-bond acceptors (Lipinski definition) is 4. The van der Waals surface area contributed by atoms with E-state index in [1.54, 1.807) is 24.3 Å². The van der Waals surface area contributed by atoms with Crippen LogP contribution in [-0.2, 0) is 9.59 Å². The maximum absolute atomic E-state index is 11.6. The highest BCUT2D eigenvalue weighted by Crippen LogP contribution is 2.12.